The van der Waals surface area contributed by atoms with Gasteiger partial charge in [0.2, 0.25) is 10.0 Å². The van der Waals surface area contributed by atoms with Crippen LogP contribution in [0.15, 0.2) is 41.3 Å². The molecule has 142 valence electrons. The van der Waals surface area contributed by atoms with Crippen molar-refractivity contribution in [3.8, 4) is 11.5 Å². The minimum absolute atomic E-state index is 0.0714. The van der Waals surface area contributed by atoms with Gasteiger partial charge in [-0.2, -0.15) is 0 Å². The quantitative estimate of drug-likeness (QED) is 0.670. The van der Waals surface area contributed by atoms with E-state index in [9.17, 15) is 8.42 Å². The zero-order valence-corrected chi connectivity index (χ0v) is 16.4. The first-order chi connectivity index (χ1) is 12.3. The molecule has 0 radical (unpaired) electrons. The lowest BCUT2D eigenvalue weighted by atomic mass is 10.2. The second-order valence-corrected chi connectivity index (χ2v) is 7.58. The Morgan fingerprint density at radius 2 is 1.81 bits per heavy atom. The van der Waals surface area contributed by atoms with Gasteiger partial charge >= 0.3 is 0 Å². The van der Waals surface area contributed by atoms with Crippen molar-refractivity contribution in [2.24, 2.45) is 5.14 Å². The van der Waals surface area contributed by atoms with Crippen molar-refractivity contribution >= 4 is 27.3 Å². The predicted octanol–water partition coefficient (Wildman–Crippen LogP) is 3.79. The number of hydrogen-bond acceptors (Lipinski definition) is 5. The summed E-state index contributed by atoms with van der Waals surface area (Å²) in [5, 5.41) is 8.79. The fourth-order valence-electron chi connectivity index (χ4n) is 2.30. The van der Waals surface area contributed by atoms with Crippen molar-refractivity contribution in [2.45, 2.75) is 31.7 Å². The Kier molecular flexibility index (Phi) is 7.14. The van der Waals surface area contributed by atoms with Crippen LogP contribution in [0.25, 0.3) is 0 Å². The Bertz CT molecular complexity index is 839. The van der Waals surface area contributed by atoms with Crippen LogP contribution in [0.1, 0.15) is 25.8 Å². The number of sulfonamides is 1. The highest BCUT2D eigenvalue weighted by Crippen LogP contribution is 2.37. The zero-order valence-electron chi connectivity index (χ0n) is 14.8. The SMILES string of the molecule is CCCOc1c(Cl)cc(CNc2ccc(S(N)(=O)=O)cc2)cc1OCC. The maximum Gasteiger partial charge on any atom is 0.238 e. The van der Waals surface area contributed by atoms with E-state index in [0.717, 1.165) is 17.7 Å². The summed E-state index contributed by atoms with van der Waals surface area (Å²) < 4.78 is 33.9. The third-order valence-corrected chi connectivity index (χ3v) is 4.71. The van der Waals surface area contributed by atoms with E-state index in [1.165, 1.54) is 12.1 Å². The largest absolute Gasteiger partial charge is 0.490 e. The zero-order chi connectivity index (χ0) is 19.2. The van der Waals surface area contributed by atoms with Crippen LogP contribution < -0.4 is 19.9 Å². The van der Waals surface area contributed by atoms with Gasteiger partial charge in [-0.1, -0.05) is 18.5 Å². The van der Waals surface area contributed by atoms with Crippen molar-refractivity contribution < 1.29 is 17.9 Å². The molecule has 0 atom stereocenters. The summed E-state index contributed by atoms with van der Waals surface area (Å²) in [5.74, 6) is 1.16. The summed E-state index contributed by atoms with van der Waals surface area (Å²) in [6, 6.07) is 9.93. The number of rotatable bonds is 9. The highest BCUT2D eigenvalue weighted by Gasteiger charge is 2.13. The van der Waals surface area contributed by atoms with Crippen LogP contribution in [0, 0.1) is 0 Å². The number of anilines is 1. The average molecular weight is 399 g/mol. The summed E-state index contributed by atoms with van der Waals surface area (Å²) in [6.45, 7) is 5.48. The molecular weight excluding hydrogens is 376 g/mol. The molecular formula is C18H23ClN2O4S. The van der Waals surface area contributed by atoms with Gasteiger partial charge in [0.25, 0.3) is 0 Å². The lowest BCUT2D eigenvalue weighted by molar-refractivity contribution is 0.277. The molecule has 0 saturated heterocycles. The van der Waals surface area contributed by atoms with E-state index >= 15 is 0 Å². The number of nitrogens with one attached hydrogen (secondary N) is 1. The first-order valence-electron chi connectivity index (χ1n) is 8.30. The molecule has 6 nitrogen and oxygen atoms in total. The molecule has 0 aromatic heterocycles. The normalized spacial score (nSPS) is 11.2. The summed E-state index contributed by atoms with van der Waals surface area (Å²) in [4.78, 5) is 0.0714. The van der Waals surface area contributed by atoms with Crippen molar-refractivity contribution in [1.29, 1.82) is 0 Å². The Morgan fingerprint density at radius 3 is 2.38 bits per heavy atom. The van der Waals surface area contributed by atoms with E-state index in [-0.39, 0.29) is 4.90 Å². The molecule has 0 aliphatic carbocycles. The van der Waals surface area contributed by atoms with Crippen LogP contribution in [-0.2, 0) is 16.6 Å². The smallest absolute Gasteiger partial charge is 0.238 e. The average Bonchev–Trinajstić information content (AvgIpc) is 2.59. The molecule has 0 aliphatic heterocycles. The maximum absolute atomic E-state index is 11.3. The van der Waals surface area contributed by atoms with Gasteiger partial charge in [-0.15, -0.1) is 0 Å². The van der Waals surface area contributed by atoms with Gasteiger partial charge in [-0.3, -0.25) is 0 Å². The van der Waals surface area contributed by atoms with Gasteiger partial charge in [0.05, 0.1) is 23.1 Å². The Morgan fingerprint density at radius 1 is 1.12 bits per heavy atom. The molecule has 2 aromatic carbocycles. The summed E-state index contributed by atoms with van der Waals surface area (Å²) in [6.07, 6.45) is 0.875. The van der Waals surface area contributed by atoms with Gasteiger partial charge in [0, 0.05) is 12.2 Å². The maximum atomic E-state index is 11.3. The molecule has 0 aliphatic rings. The van der Waals surface area contributed by atoms with Gasteiger partial charge < -0.3 is 14.8 Å². The molecule has 0 spiro atoms. The van der Waals surface area contributed by atoms with E-state index in [1.54, 1.807) is 12.1 Å². The molecule has 2 aromatic rings. The van der Waals surface area contributed by atoms with Gasteiger partial charge in [-0.05, 0) is 55.3 Å². The molecule has 26 heavy (non-hydrogen) atoms. The number of halogens is 1. The fourth-order valence-corrected chi connectivity index (χ4v) is 3.10. The first-order valence-corrected chi connectivity index (χ1v) is 10.2. The van der Waals surface area contributed by atoms with E-state index in [2.05, 4.69) is 5.32 Å². The Balaban J connectivity index is 2.13. The molecule has 3 N–H and O–H groups in total. The molecule has 2 rings (SSSR count). The summed E-state index contributed by atoms with van der Waals surface area (Å²) in [7, 11) is -3.69. The highest BCUT2D eigenvalue weighted by atomic mass is 35.5. The van der Waals surface area contributed by atoms with Crippen molar-refractivity contribution in [3.63, 3.8) is 0 Å². The molecule has 0 bridgehead atoms. The monoisotopic (exact) mass is 398 g/mol. The number of nitrogens with two attached hydrogens (primary N) is 1. The summed E-state index contributed by atoms with van der Waals surface area (Å²) in [5.41, 5.74) is 1.68. The first kappa shape index (κ1) is 20.4. The van der Waals surface area contributed by atoms with E-state index in [4.69, 9.17) is 26.2 Å². The molecule has 0 fully saturated rings. The lowest BCUT2D eigenvalue weighted by Gasteiger charge is -2.15. The fraction of sp³-hybridized carbons (Fsp3) is 0.333. The van der Waals surface area contributed by atoms with Crippen LogP contribution >= 0.6 is 11.6 Å². The molecule has 0 saturated carbocycles. The standard InChI is InChI=1S/C18H23ClN2O4S/c1-3-9-25-18-16(19)10-13(11-17(18)24-4-2)12-21-14-5-7-15(8-6-14)26(20,22)23/h5-8,10-11,21H,3-4,9,12H2,1-2H3,(H2,20,22,23). The van der Waals surface area contributed by atoms with Crippen molar-refractivity contribution in [3.05, 3.63) is 47.0 Å². The second kappa shape index (κ2) is 9.12. The third-order valence-electron chi connectivity index (χ3n) is 3.50. The van der Waals surface area contributed by atoms with Crippen LogP contribution in [0.2, 0.25) is 5.02 Å². The number of ether oxygens (including phenoxy) is 2. The molecule has 0 unspecified atom stereocenters. The van der Waals surface area contributed by atoms with Crippen LogP contribution in [0.3, 0.4) is 0 Å². The Labute approximate surface area is 159 Å². The Hall–Kier alpha value is -1.96. The lowest BCUT2D eigenvalue weighted by Crippen LogP contribution is -2.12. The van der Waals surface area contributed by atoms with Gasteiger partial charge in [-0.25, -0.2) is 13.6 Å². The minimum atomic E-state index is -3.69. The van der Waals surface area contributed by atoms with Crippen molar-refractivity contribution in [2.75, 3.05) is 18.5 Å². The van der Waals surface area contributed by atoms with E-state index < -0.39 is 10.0 Å². The molecule has 0 amide bonds. The van der Waals surface area contributed by atoms with Gasteiger partial charge in [0.1, 0.15) is 0 Å². The molecule has 8 heteroatoms. The second-order valence-electron chi connectivity index (χ2n) is 5.61. The highest BCUT2D eigenvalue weighted by molar-refractivity contribution is 7.89. The number of primary sulfonamides is 1. The topological polar surface area (TPSA) is 90.6 Å². The van der Waals surface area contributed by atoms with Crippen LogP contribution in [0.4, 0.5) is 5.69 Å². The molecule has 0 heterocycles. The number of hydrogen-bond donors (Lipinski definition) is 2. The van der Waals surface area contributed by atoms with Crippen LogP contribution in [-0.4, -0.2) is 21.6 Å². The minimum Gasteiger partial charge on any atom is -0.490 e. The number of benzene rings is 2. The van der Waals surface area contributed by atoms with E-state index in [1.807, 2.05) is 26.0 Å². The summed E-state index contributed by atoms with van der Waals surface area (Å²) >= 11 is 6.35. The van der Waals surface area contributed by atoms with Gasteiger partial charge in [0.15, 0.2) is 11.5 Å². The third kappa shape index (κ3) is 5.52. The van der Waals surface area contributed by atoms with Crippen molar-refractivity contribution in [1.82, 2.24) is 0 Å². The predicted molar refractivity (Wildman–Crippen MR) is 104 cm³/mol. The van der Waals surface area contributed by atoms with E-state index in [0.29, 0.717) is 36.3 Å². The van der Waals surface area contributed by atoms with Crippen LogP contribution in [0.5, 0.6) is 11.5 Å².